The maximum absolute atomic E-state index is 14.7. The fraction of sp³-hybridized carbons (Fsp3) is 0.182. The number of aromatic nitrogens is 5. The van der Waals surface area contributed by atoms with Gasteiger partial charge in [-0.1, -0.05) is 18.2 Å². The van der Waals surface area contributed by atoms with Gasteiger partial charge in [0.15, 0.2) is 0 Å². The third-order valence-electron chi connectivity index (χ3n) is 5.30. The maximum Gasteiger partial charge on any atom is 0.137 e. The third-order valence-corrected chi connectivity index (χ3v) is 5.30. The summed E-state index contributed by atoms with van der Waals surface area (Å²) in [4.78, 5) is 3.87. The molecule has 0 aliphatic heterocycles. The first-order valence-electron chi connectivity index (χ1n) is 9.46. The van der Waals surface area contributed by atoms with Crippen molar-refractivity contribution < 1.29 is 13.9 Å². The largest absolute Gasteiger partial charge is 0.381 e. The van der Waals surface area contributed by atoms with E-state index in [9.17, 15) is 13.9 Å². The van der Waals surface area contributed by atoms with Gasteiger partial charge in [-0.2, -0.15) is 15.5 Å². The van der Waals surface area contributed by atoms with Gasteiger partial charge in [-0.05, 0) is 30.7 Å². The van der Waals surface area contributed by atoms with Crippen LogP contribution in [0.5, 0.6) is 0 Å². The number of aliphatic hydroxyl groups is 1. The van der Waals surface area contributed by atoms with Gasteiger partial charge < -0.3 is 5.11 Å². The fourth-order valence-corrected chi connectivity index (χ4v) is 3.50. The smallest absolute Gasteiger partial charge is 0.137 e. The average Bonchev–Trinajstić information content (AvgIpc) is 3.45. The summed E-state index contributed by atoms with van der Waals surface area (Å²) in [6, 6.07) is 11.4. The molecule has 2 aromatic carbocycles. The lowest BCUT2D eigenvalue weighted by Gasteiger charge is -2.34. The van der Waals surface area contributed by atoms with Crippen molar-refractivity contribution in [3.05, 3.63) is 90.3 Å². The van der Waals surface area contributed by atoms with E-state index >= 15 is 0 Å². The molecule has 0 unspecified atom stereocenters. The molecule has 31 heavy (non-hydrogen) atoms. The highest BCUT2D eigenvalue weighted by atomic mass is 19.1. The van der Waals surface area contributed by atoms with Crippen LogP contribution in [0.2, 0.25) is 0 Å². The van der Waals surface area contributed by atoms with Gasteiger partial charge in [-0.25, -0.2) is 18.4 Å². The minimum Gasteiger partial charge on any atom is -0.381 e. The molecule has 0 fully saturated rings. The van der Waals surface area contributed by atoms with Crippen LogP contribution in [-0.4, -0.2) is 29.7 Å². The van der Waals surface area contributed by atoms with E-state index < -0.39 is 23.3 Å². The van der Waals surface area contributed by atoms with E-state index in [0.717, 1.165) is 23.3 Å². The Morgan fingerprint density at radius 3 is 2.55 bits per heavy atom. The van der Waals surface area contributed by atoms with E-state index in [2.05, 4.69) is 21.3 Å². The van der Waals surface area contributed by atoms with Gasteiger partial charge in [0.1, 0.15) is 29.9 Å². The zero-order valence-corrected chi connectivity index (χ0v) is 16.5. The van der Waals surface area contributed by atoms with E-state index in [4.69, 9.17) is 5.26 Å². The van der Waals surface area contributed by atoms with E-state index in [1.165, 1.54) is 28.1 Å². The molecule has 0 aliphatic rings. The molecule has 2 aromatic heterocycles. The number of hydrogen-bond acceptors (Lipinski definition) is 5. The molecule has 4 rings (SSSR count). The van der Waals surface area contributed by atoms with Gasteiger partial charge in [0.25, 0.3) is 0 Å². The molecule has 9 heteroatoms. The van der Waals surface area contributed by atoms with Crippen molar-refractivity contribution in [3.8, 4) is 17.2 Å². The molecule has 0 amide bonds. The topological polar surface area (TPSA) is 92.6 Å². The van der Waals surface area contributed by atoms with Crippen molar-refractivity contribution in [2.45, 2.75) is 25.1 Å². The first-order chi connectivity index (χ1) is 14.9. The van der Waals surface area contributed by atoms with Crippen LogP contribution in [-0.2, 0) is 12.1 Å². The number of benzene rings is 2. The minimum atomic E-state index is -1.81. The van der Waals surface area contributed by atoms with Crippen LogP contribution < -0.4 is 0 Å². The van der Waals surface area contributed by atoms with Gasteiger partial charge in [0, 0.05) is 23.4 Å². The Kier molecular flexibility index (Phi) is 5.31. The lowest BCUT2D eigenvalue weighted by Crippen LogP contribution is -2.40. The Labute approximate surface area is 176 Å². The van der Waals surface area contributed by atoms with Gasteiger partial charge in [0.2, 0.25) is 0 Å². The summed E-state index contributed by atoms with van der Waals surface area (Å²) in [7, 11) is 0. The zero-order chi connectivity index (χ0) is 22.0. The molecule has 156 valence electrons. The van der Waals surface area contributed by atoms with Crippen molar-refractivity contribution in [2.75, 3.05) is 0 Å². The van der Waals surface area contributed by atoms with Crippen LogP contribution in [0.25, 0.3) is 11.1 Å². The Bertz CT molecular complexity index is 1230. The Morgan fingerprint density at radius 1 is 1.13 bits per heavy atom. The van der Waals surface area contributed by atoms with E-state index in [-0.39, 0.29) is 12.1 Å². The molecule has 0 saturated carbocycles. The average molecular weight is 420 g/mol. The van der Waals surface area contributed by atoms with Crippen LogP contribution in [0, 0.1) is 23.0 Å². The molecule has 0 spiro atoms. The molecule has 2 heterocycles. The Morgan fingerprint density at radius 2 is 1.90 bits per heavy atom. The fourth-order valence-electron chi connectivity index (χ4n) is 3.50. The number of nitrogens with zero attached hydrogens (tertiary/aromatic N) is 6. The summed E-state index contributed by atoms with van der Waals surface area (Å²) in [6.45, 7) is 1.57. The van der Waals surface area contributed by atoms with Gasteiger partial charge in [-0.15, -0.1) is 0 Å². The summed E-state index contributed by atoms with van der Waals surface area (Å²) < 4.78 is 31.1. The third kappa shape index (κ3) is 3.93. The lowest BCUT2D eigenvalue weighted by molar-refractivity contribution is -0.0368. The molecular weight excluding hydrogens is 402 g/mol. The molecule has 0 bridgehead atoms. The SMILES string of the molecule is C[C@@H](n1cc(-c2ccc(C#N)cc2)cn1)[C@](O)(Cn1cncn1)c1ccc(F)cc1F. The first kappa shape index (κ1) is 20.4. The summed E-state index contributed by atoms with van der Waals surface area (Å²) in [6.07, 6.45) is 6.06. The highest BCUT2D eigenvalue weighted by Gasteiger charge is 2.40. The zero-order valence-electron chi connectivity index (χ0n) is 16.5. The molecule has 0 saturated heterocycles. The summed E-state index contributed by atoms with van der Waals surface area (Å²) in [5, 5.41) is 29.0. The molecule has 7 nitrogen and oxygen atoms in total. The van der Waals surface area contributed by atoms with Crippen molar-refractivity contribution in [2.24, 2.45) is 0 Å². The highest BCUT2D eigenvalue weighted by molar-refractivity contribution is 5.62. The van der Waals surface area contributed by atoms with Crippen LogP contribution in [0.15, 0.2) is 67.5 Å². The number of rotatable bonds is 6. The molecule has 0 aliphatic carbocycles. The maximum atomic E-state index is 14.7. The summed E-state index contributed by atoms with van der Waals surface area (Å²) in [5.41, 5.74) is 0.259. The second-order valence-corrected chi connectivity index (χ2v) is 7.22. The molecule has 4 aromatic rings. The predicted octanol–water partition coefficient (Wildman–Crippen LogP) is 3.44. The van der Waals surface area contributed by atoms with Crippen LogP contribution in [0.1, 0.15) is 24.1 Å². The van der Waals surface area contributed by atoms with Crippen LogP contribution in [0.3, 0.4) is 0 Å². The normalized spacial score (nSPS) is 14.0. The quantitative estimate of drug-likeness (QED) is 0.516. The molecule has 1 N–H and O–H groups in total. The lowest BCUT2D eigenvalue weighted by atomic mass is 9.86. The number of hydrogen-bond donors (Lipinski definition) is 1. The van der Waals surface area contributed by atoms with Crippen molar-refractivity contribution >= 4 is 0 Å². The van der Waals surface area contributed by atoms with Crippen molar-refractivity contribution in [1.82, 2.24) is 24.5 Å². The molecule has 2 atom stereocenters. The highest BCUT2D eigenvalue weighted by Crippen LogP contribution is 2.37. The monoisotopic (exact) mass is 420 g/mol. The van der Waals surface area contributed by atoms with E-state index in [1.807, 2.05) is 0 Å². The second kappa shape index (κ2) is 8.08. The van der Waals surface area contributed by atoms with Gasteiger partial charge in [-0.3, -0.25) is 4.68 Å². The predicted molar refractivity (Wildman–Crippen MR) is 107 cm³/mol. The number of halogens is 2. The van der Waals surface area contributed by atoms with Crippen molar-refractivity contribution in [3.63, 3.8) is 0 Å². The van der Waals surface area contributed by atoms with Gasteiger partial charge >= 0.3 is 0 Å². The summed E-state index contributed by atoms with van der Waals surface area (Å²) in [5.74, 6) is -1.60. The Hall–Kier alpha value is -3.90. The summed E-state index contributed by atoms with van der Waals surface area (Å²) >= 11 is 0. The molecule has 0 radical (unpaired) electrons. The minimum absolute atomic E-state index is 0.0766. The van der Waals surface area contributed by atoms with Crippen molar-refractivity contribution in [1.29, 1.82) is 5.26 Å². The first-order valence-corrected chi connectivity index (χ1v) is 9.46. The van der Waals surface area contributed by atoms with Gasteiger partial charge in [0.05, 0.1) is 30.4 Å². The van der Waals surface area contributed by atoms with Crippen LogP contribution in [0.4, 0.5) is 8.78 Å². The Balaban J connectivity index is 1.73. The van der Waals surface area contributed by atoms with Crippen LogP contribution >= 0.6 is 0 Å². The van der Waals surface area contributed by atoms with E-state index in [1.54, 1.807) is 43.6 Å². The second-order valence-electron chi connectivity index (χ2n) is 7.22. The van der Waals surface area contributed by atoms with E-state index in [0.29, 0.717) is 5.56 Å². The number of nitriles is 1. The standard InChI is InChI=1S/C22H18F2N6O/c1-15(30-11-18(10-27-30)17-4-2-16(9-25)3-5-17)22(31,12-29-14-26-13-28-29)20-7-6-19(23)8-21(20)24/h2-8,10-11,13-15,31H,12H2,1H3/t15-,22-/m1/s1. The molecular formula is C22H18F2N6O.